The Kier molecular flexibility index (Phi) is 4.71. The zero-order chi connectivity index (χ0) is 10.4. The van der Waals surface area contributed by atoms with Crippen LogP contribution in [-0.4, -0.2) is 11.1 Å². The molecule has 0 radical (unpaired) electrons. The molecular weight excluding hydrogens is 176 g/mol. The number of aliphatic carboxylic acids is 1. The molecule has 1 rings (SSSR count). The van der Waals surface area contributed by atoms with Crippen LogP contribution in [0.4, 0.5) is 0 Å². The smallest absolute Gasteiger partial charge is 0.306 e. The monoisotopic (exact) mass is 196 g/mol. The predicted molar refractivity (Wildman–Crippen MR) is 57.1 cm³/mol. The van der Waals surface area contributed by atoms with Crippen LogP contribution in [0.25, 0.3) is 0 Å². The van der Waals surface area contributed by atoms with Crippen LogP contribution in [0.3, 0.4) is 0 Å². The standard InChI is InChI=1S/C12H20O2/c1-2-3-4-5-10-6-8-11(9-7-10)12(13)14/h2-3,10-11H,4-9H2,1H3,(H,13,14)/b3-2+. The lowest BCUT2D eigenvalue weighted by atomic mass is 9.80. The van der Waals surface area contributed by atoms with Crippen LogP contribution in [0.2, 0.25) is 0 Å². The van der Waals surface area contributed by atoms with Crippen molar-refractivity contribution in [2.45, 2.75) is 45.4 Å². The number of carbonyl (C=O) groups is 1. The first kappa shape index (κ1) is 11.3. The van der Waals surface area contributed by atoms with E-state index < -0.39 is 5.97 Å². The largest absolute Gasteiger partial charge is 0.481 e. The molecule has 2 nitrogen and oxygen atoms in total. The van der Waals surface area contributed by atoms with Gasteiger partial charge >= 0.3 is 5.97 Å². The first-order valence-corrected chi connectivity index (χ1v) is 5.58. The molecule has 1 aliphatic rings. The van der Waals surface area contributed by atoms with Crippen molar-refractivity contribution in [1.82, 2.24) is 0 Å². The Hall–Kier alpha value is -0.790. The molecule has 0 atom stereocenters. The van der Waals surface area contributed by atoms with Crippen LogP contribution < -0.4 is 0 Å². The molecule has 0 aromatic rings. The average Bonchev–Trinajstić information content (AvgIpc) is 2.19. The molecule has 1 N–H and O–H groups in total. The van der Waals surface area contributed by atoms with Gasteiger partial charge in [0.1, 0.15) is 0 Å². The number of allylic oxidation sites excluding steroid dienone is 2. The summed E-state index contributed by atoms with van der Waals surface area (Å²) in [6, 6.07) is 0. The molecule has 0 unspecified atom stereocenters. The molecule has 0 aliphatic heterocycles. The van der Waals surface area contributed by atoms with Gasteiger partial charge in [0.05, 0.1) is 5.92 Å². The van der Waals surface area contributed by atoms with E-state index in [1.54, 1.807) is 0 Å². The van der Waals surface area contributed by atoms with Crippen molar-refractivity contribution in [2.75, 3.05) is 0 Å². The zero-order valence-electron chi connectivity index (χ0n) is 8.91. The number of hydrogen-bond acceptors (Lipinski definition) is 1. The molecular formula is C12H20O2. The Morgan fingerprint density at radius 2 is 2.00 bits per heavy atom. The van der Waals surface area contributed by atoms with Crippen molar-refractivity contribution in [3.8, 4) is 0 Å². The molecule has 0 saturated heterocycles. The molecule has 0 aromatic heterocycles. The van der Waals surface area contributed by atoms with Crippen LogP contribution in [0, 0.1) is 11.8 Å². The van der Waals surface area contributed by atoms with Gasteiger partial charge in [0.25, 0.3) is 0 Å². The van der Waals surface area contributed by atoms with Gasteiger partial charge < -0.3 is 5.11 Å². The molecule has 80 valence electrons. The summed E-state index contributed by atoms with van der Waals surface area (Å²) in [5.74, 6) is 0.103. The summed E-state index contributed by atoms with van der Waals surface area (Å²) in [4.78, 5) is 10.7. The lowest BCUT2D eigenvalue weighted by molar-refractivity contribution is -0.143. The SMILES string of the molecule is C/C=C/CCC1CCC(C(=O)O)CC1. The summed E-state index contributed by atoms with van der Waals surface area (Å²) in [7, 11) is 0. The quantitative estimate of drug-likeness (QED) is 0.701. The lowest BCUT2D eigenvalue weighted by Gasteiger charge is -2.25. The van der Waals surface area contributed by atoms with Gasteiger partial charge in [-0.15, -0.1) is 0 Å². The van der Waals surface area contributed by atoms with E-state index in [0.717, 1.165) is 38.0 Å². The minimum Gasteiger partial charge on any atom is -0.481 e. The minimum atomic E-state index is -0.600. The van der Waals surface area contributed by atoms with Crippen LogP contribution >= 0.6 is 0 Å². The second-order valence-corrected chi connectivity index (χ2v) is 4.20. The van der Waals surface area contributed by atoms with Gasteiger partial charge in [-0.2, -0.15) is 0 Å². The predicted octanol–water partition coefficient (Wildman–Crippen LogP) is 3.23. The molecule has 0 spiro atoms. The van der Waals surface area contributed by atoms with Crippen LogP contribution in [0.15, 0.2) is 12.2 Å². The fourth-order valence-electron chi connectivity index (χ4n) is 2.20. The molecule has 1 aliphatic carbocycles. The molecule has 1 fully saturated rings. The lowest BCUT2D eigenvalue weighted by Crippen LogP contribution is -2.21. The molecule has 0 aromatic carbocycles. The van der Waals surface area contributed by atoms with Crippen LogP contribution in [-0.2, 0) is 4.79 Å². The van der Waals surface area contributed by atoms with Crippen molar-refractivity contribution < 1.29 is 9.90 Å². The van der Waals surface area contributed by atoms with E-state index in [-0.39, 0.29) is 5.92 Å². The second-order valence-electron chi connectivity index (χ2n) is 4.20. The van der Waals surface area contributed by atoms with Gasteiger partial charge in [0.15, 0.2) is 0 Å². The molecule has 0 bridgehead atoms. The van der Waals surface area contributed by atoms with Crippen LogP contribution in [0.5, 0.6) is 0 Å². The maximum Gasteiger partial charge on any atom is 0.306 e. The summed E-state index contributed by atoms with van der Waals surface area (Å²) in [5, 5.41) is 8.83. The molecule has 0 amide bonds. The number of carboxylic acid groups (broad SMARTS) is 1. The van der Waals surface area contributed by atoms with Gasteiger partial charge in [-0.05, 0) is 51.4 Å². The van der Waals surface area contributed by atoms with E-state index in [9.17, 15) is 4.79 Å². The normalized spacial score (nSPS) is 28.1. The summed E-state index contributed by atoms with van der Waals surface area (Å²) >= 11 is 0. The Morgan fingerprint density at radius 1 is 1.36 bits per heavy atom. The summed E-state index contributed by atoms with van der Waals surface area (Å²) in [6.07, 6.45) is 10.6. The van der Waals surface area contributed by atoms with Gasteiger partial charge in [0, 0.05) is 0 Å². The highest BCUT2D eigenvalue weighted by Crippen LogP contribution is 2.31. The van der Waals surface area contributed by atoms with Gasteiger partial charge in [0.2, 0.25) is 0 Å². The van der Waals surface area contributed by atoms with E-state index in [4.69, 9.17) is 5.11 Å². The zero-order valence-corrected chi connectivity index (χ0v) is 8.91. The molecule has 0 heterocycles. The van der Waals surface area contributed by atoms with Crippen molar-refractivity contribution in [3.05, 3.63) is 12.2 Å². The highest BCUT2D eigenvalue weighted by atomic mass is 16.4. The molecule has 1 saturated carbocycles. The molecule has 14 heavy (non-hydrogen) atoms. The Balaban J connectivity index is 2.18. The van der Waals surface area contributed by atoms with Crippen molar-refractivity contribution in [3.63, 3.8) is 0 Å². The Labute approximate surface area is 86.0 Å². The van der Waals surface area contributed by atoms with Crippen molar-refractivity contribution >= 4 is 5.97 Å². The summed E-state index contributed by atoms with van der Waals surface area (Å²) < 4.78 is 0. The number of carboxylic acids is 1. The van der Waals surface area contributed by atoms with E-state index in [1.165, 1.54) is 6.42 Å². The van der Waals surface area contributed by atoms with Gasteiger partial charge in [-0.25, -0.2) is 0 Å². The fourth-order valence-corrected chi connectivity index (χ4v) is 2.20. The fraction of sp³-hybridized carbons (Fsp3) is 0.750. The first-order valence-electron chi connectivity index (χ1n) is 5.58. The minimum absolute atomic E-state index is 0.0621. The highest BCUT2D eigenvalue weighted by Gasteiger charge is 2.25. The maximum atomic E-state index is 10.7. The third-order valence-corrected chi connectivity index (χ3v) is 3.17. The van der Waals surface area contributed by atoms with Crippen LogP contribution in [0.1, 0.15) is 45.4 Å². The third kappa shape index (κ3) is 3.52. The van der Waals surface area contributed by atoms with E-state index >= 15 is 0 Å². The second kappa shape index (κ2) is 5.84. The topological polar surface area (TPSA) is 37.3 Å². The first-order chi connectivity index (χ1) is 6.74. The van der Waals surface area contributed by atoms with Gasteiger partial charge in [-0.3, -0.25) is 4.79 Å². The Bertz CT molecular complexity index is 200. The Morgan fingerprint density at radius 3 is 2.50 bits per heavy atom. The number of hydrogen-bond donors (Lipinski definition) is 1. The summed E-state index contributed by atoms with van der Waals surface area (Å²) in [5.41, 5.74) is 0. The van der Waals surface area contributed by atoms with E-state index in [0.29, 0.717) is 0 Å². The number of rotatable bonds is 4. The van der Waals surface area contributed by atoms with Crippen molar-refractivity contribution in [2.24, 2.45) is 11.8 Å². The maximum absolute atomic E-state index is 10.7. The van der Waals surface area contributed by atoms with Gasteiger partial charge in [-0.1, -0.05) is 12.2 Å². The molecule has 2 heteroatoms. The van der Waals surface area contributed by atoms with E-state index in [2.05, 4.69) is 12.2 Å². The summed E-state index contributed by atoms with van der Waals surface area (Å²) in [6.45, 7) is 2.04. The van der Waals surface area contributed by atoms with E-state index in [1.807, 2.05) is 6.92 Å². The average molecular weight is 196 g/mol. The van der Waals surface area contributed by atoms with Crippen molar-refractivity contribution in [1.29, 1.82) is 0 Å². The third-order valence-electron chi connectivity index (χ3n) is 3.17. The highest BCUT2D eigenvalue weighted by molar-refractivity contribution is 5.69.